The van der Waals surface area contributed by atoms with Crippen LogP contribution in [0.4, 0.5) is 4.79 Å². The molecule has 1 saturated heterocycles. The van der Waals surface area contributed by atoms with Gasteiger partial charge in [-0.2, -0.15) is 5.26 Å². The number of nitrogens with zero attached hydrogens (tertiary/aromatic N) is 2. The summed E-state index contributed by atoms with van der Waals surface area (Å²) in [5.74, 6) is 0.589. The maximum Gasteiger partial charge on any atom is 0.293 e. The van der Waals surface area contributed by atoms with Crippen molar-refractivity contribution in [1.82, 2.24) is 4.90 Å². The standard InChI is InChI=1S/C29H22Cl2N2O4S/c1-3-6-20-11-19(13-25(36-2)27(20)37-17-18-9-10-23(30)24(31)12-18)14-26-28(34)33(29(35)38-26)16-22-8-5-4-7-21(22)15-32/h3-5,7-14H,1,6,16-17H2,2H3/b26-14+. The van der Waals surface area contributed by atoms with Crippen LogP contribution in [0.15, 0.2) is 72.2 Å². The van der Waals surface area contributed by atoms with Crippen LogP contribution in [0.2, 0.25) is 10.0 Å². The molecule has 6 nitrogen and oxygen atoms in total. The maximum absolute atomic E-state index is 13.1. The zero-order chi connectivity index (χ0) is 27.2. The van der Waals surface area contributed by atoms with Crippen molar-refractivity contribution in [2.45, 2.75) is 19.6 Å². The number of rotatable bonds is 9. The molecule has 38 heavy (non-hydrogen) atoms. The van der Waals surface area contributed by atoms with E-state index in [0.29, 0.717) is 44.7 Å². The molecular weight excluding hydrogens is 543 g/mol. The number of allylic oxidation sites excluding steroid dienone is 1. The Morgan fingerprint density at radius 2 is 1.87 bits per heavy atom. The Labute approximate surface area is 235 Å². The third-order valence-corrected chi connectivity index (χ3v) is 7.39. The van der Waals surface area contributed by atoms with Gasteiger partial charge in [0.15, 0.2) is 11.5 Å². The fraction of sp³-hybridized carbons (Fsp3) is 0.138. The monoisotopic (exact) mass is 564 g/mol. The maximum atomic E-state index is 13.1. The van der Waals surface area contributed by atoms with Gasteiger partial charge < -0.3 is 9.47 Å². The van der Waals surface area contributed by atoms with E-state index in [1.54, 1.807) is 54.6 Å². The van der Waals surface area contributed by atoms with Gasteiger partial charge in [-0.1, -0.05) is 53.5 Å². The van der Waals surface area contributed by atoms with E-state index in [2.05, 4.69) is 12.6 Å². The molecule has 0 spiro atoms. The van der Waals surface area contributed by atoms with Crippen molar-refractivity contribution in [1.29, 1.82) is 5.26 Å². The van der Waals surface area contributed by atoms with Crippen molar-refractivity contribution in [3.05, 3.63) is 110 Å². The van der Waals surface area contributed by atoms with Crippen molar-refractivity contribution in [3.63, 3.8) is 0 Å². The Balaban J connectivity index is 1.60. The van der Waals surface area contributed by atoms with Crippen molar-refractivity contribution >= 4 is 52.2 Å². The fourth-order valence-corrected chi connectivity index (χ4v) is 5.06. The van der Waals surface area contributed by atoms with E-state index in [-0.39, 0.29) is 18.1 Å². The SMILES string of the molecule is C=CCc1cc(/C=C2/SC(=O)N(Cc3ccccc3C#N)C2=O)cc(OC)c1OCc1ccc(Cl)c(Cl)c1. The van der Waals surface area contributed by atoms with E-state index in [0.717, 1.165) is 27.8 Å². The smallest absolute Gasteiger partial charge is 0.293 e. The Morgan fingerprint density at radius 1 is 1.08 bits per heavy atom. The summed E-state index contributed by atoms with van der Waals surface area (Å²) >= 11 is 13.0. The predicted octanol–water partition coefficient (Wildman–Crippen LogP) is 7.42. The van der Waals surface area contributed by atoms with Gasteiger partial charge >= 0.3 is 0 Å². The molecule has 1 aliphatic heterocycles. The molecule has 4 rings (SSSR count). The summed E-state index contributed by atoms with van der Waals surface area (Å²) in [5.41, 5.74) is 3.33. The topological polar surface area (TPSA) is 79.6 Å². The number of nitriles is 1. The number of benzene rings is 3. The van der Waals surface area contributed by atoms with Crippen LogP contribution >= 0.6 is 35.0 Å². The highest BCUT2D eigenvalue weighted by Gasteiger charge is 2.35. The first-order valence-corrected chi connectivity index (χ1v) is 13.0. The number of hydrogen-bond donors (Lipinski definition) is 0. The van der Waals surface area contributed by atoms with Crippen LogP contribution in [-0.2, 0) is 24.4 Å². The van der Waals surface area contributed by atoms with Crippen LogP contribution in [0.1, 0.15) is 27.8 Å². The quantitative estimate of drug-likeness (QED) is 0.199. The highest BCUT2D eigenvalue weighted by Crippen LogP contribution is 2.38. The Kier molecular flexibility index (Phi) is 8.80. The molecule has 3 aromatic carbocycles. The lowest BCUT2D eigenvalue weighted by Gasteiger charge is -2.16. The average Bonchev–Trinajstić information content (AvgIpc) is 3.17. The number of thioether (sulfide) groups is 1. The van der Waals surface area contributed by atoms with Crippen LogP contribution in [-0.4, -0.2) is 23.2 Å². The first-order chi connectivity index (χ1) is 18.3. The van der Waals surface area contributed by atoms with Gasteiger partial charge in [-0.25, -0.2) is 0 Å². The largest absolute Gasteiger partial charge is 0.493 e. The number of ether oxygens (including phenoxy) is 2. The lowest BCUT2D eigenvalue weighted by Crippen LogP contribution is -2.27. The number of carbonyl (C=O) groups is 2. The first kappa shape index (κ1) is 27.3. The summed E-state index contributed by atoms with van der Waals surface area (Å²) in [6, 6.07) is 17.9. The number of methoxy groups -OCH3 is 1. The molecule has 0 aliphatic carbocycles. The zero-order valence-electron chi connectivity index (χ0n) is 20.4. The molecule has 0 unspecified atom stereocenters. The minimum absolute atomic E-state index is 0.0261. The summed E-state index contributed by atoms with van der Waals surface area (Å²) in [6.45, 7) is 4.10. The minimum atomic E-state index is -0.420. The number of amides is 2. The van der Waals surface area contributed by atoms with Crippen molar-refractivity contribution in [3.8, 4) is 17.6 Å². The van der Waals surface area contributed by atoms with E-state index in [1.165, 1.54) is 7.11 Å². The van der Waals surface area contributed by atoms with Crippen LogP contribution < -0.4 is 9.47 Å². The molecule has 0 atom stereocenters. The van der Waals surface area contributed by atoms with Gasteiger partial charge in [-0.15, -0.1) is 6.58 Å². The fourth-order valence-electron chi connectivity index (χ4n) is 3.90. The van der Waals surface area contributed by atoms with E-state index in [9.17, 15) is 14.9 Å². The second kappa shape index (κ2) is 12.2. The zero-order valence-corrected chi connectivity index (χ0v) is 22.7. The number of halogens is 2. The Morgan fingerprint density at radius 3 is 2.58 bits per heavy atom. The summed E-state index contributed by atoms with van der Waals surface area (Å²) < 4.78 is 11.7. The third-order valence-electron chi connectivity index (χ3n) is 5.74. The molecule has 3 aromatic rings. The minimum Gasteiger partial charge on any atom is -0.493 e. The molecule has 0 saturated carbocycles. The molecular formula is C29H22Cl2N2O4S. The lowest BCUT2D eigenvalue weighted by molar-refractivity contribution is -0.123. The van der Waals surface area contributed by atoms with E-state index in [1.807, 2.05) is 12.1 Å². The normalized spacial score (nSPS) is 14.1. The van der Waals surface area contributed by atoms with Crippen molar-refractivity contribution < 1.29 is 19.1 Å². The Hall–Kier alpha value is -3.70. The van der Waals surface area contributed by atoms with Crippen molar-refractivity contribution in [2.75, 3.05) is 7.11 Å². The molecule has 2 amide bonds. The molecule has 0 aromatic heterocycles. The highest BCUT2D eigenvalue weighted by molar-refractivity contribution is 8.18. The molecule has 1 heterocycles. The summed E-state index contributed by atoms with van der Waals surface area (Å²) in [5, 5.41) is 9.85. The van der Waals surface area contributed by atoms with E-state index in [4.69, 9.17) is 32.7 Å². The Bertz CT molecular complexity index is 1500. The molecule has 0 radical (unpaired) electrons. The number of imide groups is 1. The molecule has 9 heteroatoms. The number of hydrogen-bond acceptors (Lipinski definition) is 6. The second-order valence-electron chi connectivity index (χ2n) is 8.28. The third kappa shape index (κ3) is 6.05. The van der Waals surface area contributed by atoms with E-state index >= 15 is 0 Å². The molecule has 0 bridgehead atoms. The first-order valence-electron chi connectivity index (χ1n) is 11.5. The summed E-state index contributed by atoms with van der Waals surface area (Å²) in [4.78, 5) is 27.2. The van der Waals surface area contributed by atoms with Crippen molar-refractivity contribution in [2.24, 2.45) is 0 Å². The number of carbonyl (C=O) groups excluding carboxylic acids is 2. The predicted molar refractivity (Wildman–Crippen MR) is 150 cm³/mol. The summed E-state index contributed by atoms with van der Waals surface area (Å²) in [6.07, 6.45) is 3.88. The van der Waals surface area contributed by atoms with Crippen LogP contribution in [0.25, 0.3) is 6.08 Å². The molecule has 0 N–H and O–H groups in total. The van der Waals surface area contributed by atoms with Gasteiger partial charge in [0, 0.05) is 5.56 Å². The van der Waals surface area contributed by atoms with Gasteiger partial charge in [-0.3, -0.25) is 14.5 Å². The second-order valence-corrected chi connectivity index (χ2v) is 10.1. The molecule has 1 fully saturated rings. The highest BCUT2D eigenvalue weighted by atomic mass is 35.5. The van der Waals surface area contributed by atoms with E-state index < -0.39 is 11.1 Å². The van der Waals surface area contributed by atoms with Gasteiger partial charge in [-0.05, 0) is 71.3 Å². The van der Waals surface area contributed by atoms with Gasteiger partial charge in [0.05, 0.1) is 40.2 Å². The van der Waals surface area contributed by atoms with Crippen LogP contribution in [0, 0.1) is 11.3 Å². The van der Waals surface area contributed by atoms with Crippen LogP contribution in [0.5, 0.6) is 11.5 Å². The summed E-state index contributed by atoms with van der Waals surface area (Å²) in [7, 11) is 1.53. The lowest BCUT2D eigenvalue weighted by atomic mass is 10.0. The van der Waals surface area contributed by atoms with Gasteiger partial charge in [0.1, 0.15) is 6.61 Å². The molecule has 1 aliphatic rings. The average molecular weight is 565 g/mol. The molecule has 192 valence electrons. The van der Waals surface area contributed by atoms with Gasteiger partial charge in [0.2, 0.25) is 0 Å². The van der Waals surface area contributed by atoms with Gasteiger partial charge in [0.25, 0.3) is 11.1 Å². The van der Waals surface area contributed by atoms with Crippen LogP contribution in [0.3, 0.4) is 0 Å².